The summed E-state index contributed by atoms with van der Waals surface area (Å²) in [6, 6.07) is 8.67. The third kappa shape index (κ3) is 4.62. The van der Waals surface area contributed by atoms with Crippen molar-refractivity contribution in [1.82, 2.24) is 15.2 Å². The first-order chi connectivity index (χ1) is 12.9. The fourth-order valence-electron chi connectivity index (χ4n) is 3.52. The number of allylic oxidation sites excluding steroid dienone is 2. The van der Waals surface area contributed by atoms with Crippen molar-refractivity contribution in [1.29, 1.82) is 0 Å². The molecule has 1 N–H and O–H groups in total. The lowest BCUT2D eigenvalue weighted by atomic mass is 10.00. The molecule has 1 amide bonds. The van der Waals surface area contributed by atoms with Crippen LogP contribution in [-0.2, 0) is 4.79 Å². The summed E-state index contributed by atoms with van der Waals surface area (Å²) in [5.41, 5.74) is 4.07. The molecule has 0 unspecified atom stereocenters. The number of hydrogen-bond donors (Lipinski definition) is 2. The molecule has 0 saturated carbocycles. The normalized spacial score (nSPS) is 17.3. The van der Waals surface area contributed by atoms with Crippen molar-refractivity contribution in [3.05, 3.63) is 45.4 Å². The number of rotatable bonds is 4. The minimum absolute atomic E-state index is 0.0649. The molecule has 6 heteroatoms. The highest BCUT2D eigenvalue weighted by atomic mass is 32.1. The number of amides is 1. The molecule has 1 aromatic heterocycles. The minimum atomic E-state index is -0.0649. The average molecular weight is 402 g/mol. The van der Waals surface area contributed by atoms with Crippen LogP contribution in [0.5, 0.6) is 0 Å². The highest BCUT2D eigenvalue weighted by Gasteiger charge is 2.23. The van der Waals surface area contributed by atoms with E-state index in [1.165, 1.54) is 5.57 Å². The van der Waals surface area contributed by atoms with Crippen LogP contribution in [-0.4, -0.2) is 34.9 Å². The maximum Gasteiger partial charge on any atom is 0.221 e. The lowest BCUT2D eigenvalue weighted by molar-refractivity contribution is -0.118. The molecule has 0 spiro atoms. The third-order valence-corrected chi connectivity index (χ3v) is 6.46. The van der Waals surface area contributed by atoms with E-state index in [1.807, 2.05) is 25.1 Å². The first-order valence-corrected chi connectivity index (χ1v) is 10.6. The smallest absolute Gasteiger partial charge is 0.221 e. The summed E-state index contributed by atoms with van der Waals surface area (Å²) in [6.45, 7) is 9.96. The number of carbonyl (C=O) groups is 1. The average Bonchev–Trinajstić information content (AvgIpc) is 2.92. The van der Waals surface area contributed by atoms with Crippen LogP contribution in [0.1, 0.15) is 45.5 Å². The van der Waals surface area contributed by atoms with Crippen LogP contribution in [0, 0.1) is 0 Å². The Morgan fingerprint density at radius 2 is 1.93 bits per heavy atom. The molecule has 1 aromatic carbocycles. The van der Waals surface area contributed by atoms with Crippen LogP contribution in [0.2, 0.25) is 0 Å². The van der Waals surface area contributed by atoms with Gasteiger partial charge in [-0.25, -0.2) is 4.98 Å². The lowest BCUT2D eigenvalue weighted by Gasteiger charge is -2.24. The number of aromatic nitrogens is 1. The number of thiazole rings is 1. The Balaban J connectivity index is 2.08. The van der Waals surface area contributed by atoms with Gasteiger partial charge in [0, 0.05) is 37.3 Å². The summed E-state index contributed by atoms with van der Waals surface area (Å²) in [7, 11) is 0. The van der Waals surface area contributed by atoms with E-state index in [0.717, 1.165) is 57.3 Å². The van der Waals surface area contributed by atoms with Crippen LogP contribution in [0.25, 0.3) is 15.8 Å². The molecular weight excluding hydrogens is 374 g/mol. The number of fused-ring (bicyclic) bond motifs is 1. The highest BCUT2D eigenvalue weighted by molar-refractivity contribution is 7.84. The summed E-state index contributed by atoms with van der Waals surface area (Å²) < 4.78 is 1.15. The van der Waals surface area contributed by atoms with Gasteiger partial charge in [0.25, 0.3) is 0 Å². The van der Waals surface area contributed by atoms with Crippen molar-refractivity contribution < 1.29 is 4.79 Å². The SMILES string of the molecule is CC(=O)N/C(C)=C(/C1=C(S)CCN(C(C)C)CC1)c1nc2ccccc2s1. The maximum atomic E-state index is 11.7. The molecular formula is C21H27N3OS2. The number of thiol groups is 1. The van der Waals surface area contributed by atoms with E-state index in [4.69, 9.17) is 17.6 Å². The van der Waals surface area contributed by atoms with Gasteiger partial charge in [0.05, 0.1) is 10.2 Å². The summed E-state index contributed by atoms with van der Waals surface area (Å²) in [5.74, 6) is -0.0649. The van der Waals surface area contributed by atoms with Crippen molar-refractivity contribution in [2.75, 3.05) is 13.1 Å². The second-order valence-corrected chi connectivity index (χ2v) is 8.79. The molecule has 0 atom stereocenters. The molecule has 2 aromatic rings. The van der Waals surface area contributed by atoms with Gasteiger partial charge in [0.15, 0.2) is 0 Å². The second kappa shape index (κ2) is 8.59. The molecule has 27 heavy (non-hydrogen) atoms. The van der Waals surface area contributed by atoms with Crippen LogP contribution in [0.3, 0.4) is 0 Å². The van der Waals surface area contributed by atoms with Crippen LogP contribution < -0.4 is 5.32 Å². The van der Waals surface area contributed by atoms with E-state index in [9.17, 15) is 4.79 Å². The number of benzene rings is 1. The minimum Gasteiger partial charge on any atom is -0.330 e. The number of nitrogens with zero attached hydrogens (tertiary/aromatic N) is 2. The quantitative estimate of drug-likeness (QED) is 0.720. The predicted octanol–water partition coefficient (Wildman–Crippen LogP) is 4.85. The molecule has 4 nitrogen and oxygen atoms in total. The fraction of sp³-hybridized carbons (Fsp3) is 0.429. The summed E-state index contributed by atoms with van der Waals surface area (Å²) in [6.07, 6.45) is 1.82. The molecule has 2 heterocycles. The molecule has 3 rings (SSSR count). The van der Waals surface area contributed by atoms with Gasteiger partial charge < -0.3 is 10.2 Å². The Kier molecular flexibility index (Phi) is 6.40. The topological polar surface area (TPSA) is 45.2 Å². The second-order valence-electron chi connectivity index (χ2n) is 7.22. The zero-order chi connectivity index (χ0) is 19.6. The van der Waals surface area contributed by atoms with Gasteiger partial charge in [0.2, 0.25) is 5.91 Å². The maximum absolute atomic E-state index is 11.7. The number of carbonyl (C=O) groups excluding carboxylic acids is 1. The molecule has 144 valence electrons. The van der Waals surface area contributed by atoms with Crippen molar-refractivity contribution >= 4 is 45.7 Å². The third-order valence-electron chi connectivity index (χ3n) is 4.91. The van der Waals surface area contributed by atoms with Crippen molar-refractivity contribution in [3.8, 4) is 0 Å². The molecule has 1 aliphatic rings. The Labute approximate surface area is 170 Å². The molecule has 0 saturated heterocycles. The van der Waals surface area contributed by atoms with Gasteiger partial charge in [-0.15, -0.1) is 24.0 Å². The van der Waals surface area contributed by atoms with E-state index in [-0.39, 0.29) is 5.91 Å². The van der Waals surface area contributed by atoms with Gasteiger partial charge >= 0.3 is 0 Å². The molecule has 0 radical (unpaired) electrons. The first-order valence-electron chi connectivity index (χ1n) is 9.36. The van der Waals surface area contributed by atoms with Gasteiger partial charge in [0.1, 0.15) is 5.01 Å². The Hall–Kier alpha value is -1.63. The predicted molar refractivity (Wildman–Crippen MR) is 118 cm³/mol. The molecule has 0 aliphatic carbocycles. The number of nitrogens with one attached hydrogen (secondary N) is 1. The largest absolute Gasteiger partial charge is 0.330 e. The van der Waals surface area contributed by atoms with Crippen LogP contribution >= 0.6 is 24.0 Å². The van der Waals surface area contributed by atoms with E-state index in [0.29, 0.717) is 6.04 Å². The van der Waals surface area contributed by atoms with Crippen LogP contribution in [0.4, 0.5) is 0 Å². The van der Waals surface area contributed by atoms with Crippen molar-refractivity contribution in [2.24, 2.45) is 0 Å². The Morgan fingerprint density at radius 1 is 1.22 bits per heavy atom. The summed E-state index contributed by atoms with van der Waals surface area (Å²) >= 11 is 6.52. The van der Waals surface area contributed by atoms with Crippen molar-refractivity contribution in [3.63, 3.8) is 0 Å². The summed E-state index contributed by atoms with van der Waals surface area (Å²) in [4.78, 5) is 20.2. The number of hydrogen-bond acceptors (Lipinski definition) is 5. The standard InChI is InChI=1S/C21H27N3OS2/c1-13(2)24-11-9-16(18(26)10-12-24)20(14(3)22-15(4)25)21-23-17-7-5-6-8-19(17)27-21/h5-8,13,26H,9-12H2,1-4H3,(H,22,25)/b20-14-. The van der Waals surface area contributed by atoms with Gasteiger partial charge in [-0.2, -0.15) is 0 Å². The monoisotopic (exact) mass is 401 g/mol. The first kappa shape index (κ1) is 20.1. The van der Waals surface area contributed by atoms with Crippen LogP contribution in [0.15, 0.2) is 40.4 Å². The highest BCUT2D eigenvalue weighted by Crippen LogP contribution is 2.38. The number of para-hydroxylation sites is 1. The zero-order valence-corrected chi connectivity index (χ0v) is 18.1. The zero-order valence-electron chi connectivity index (χ0n) is 16.4. The fourth-order valence-corrected chi connectivity index (χ4v) is 4.94. The Bertz CT molecular complexity index is 878. The molecule has 1 aliphatic heterocycles. The van der Waals surface area contributed by atoms with E-state index in [2.05, 4.69) is 30.1 Å². The van der Waals surface area contributed by atoms with Crippen molar-refractivity contribution in [2.45, 2.75) is 46.6 Å². The molecule has 0 bridgehead atoms. The molecule has 0 fully saturated rings. The van der Waals surface area contributed by atoms with E-state index >= 15 is 0 Å². The van der Waals surface area contributed by atoms with E-state index < -0.39 is 0 Å². The van der Waals surface area contributed by atoms with Gasteiger partial charge in [-0.1, -0.05) is 12.1 Å². The van der Waals surface area contributed by atoms with Gasteiger partial charge in [-0.05, 0) is 56.2 Å². The van der Waals surface area contributed by atoms with Gasteiger partial charge in [-0.3, -0.25) is 4.79 Å². The van der Waals surface area contributed by atoms with E-state index in [1.54, 1.807) is 18.3 Å². The Morgan fingerprint density at radius 3 is 2.59 bits per heavy atom. The lowest BCUT2D eigenvalue weighted by Crippen LogP contribution is -2.31. The summed E-state index contributed by atoms with van der Waals surface area (Å²) in [5, 5.41) is 3.93.